The number of hydrogen-bond donors (Lipinski definition) is 0. The molecule has 3 aromatic rings. The fourth-order valence-electron chi connectivity index (χ4n) is 2.39. The van der Waals surface area contributed by atoms with Crippen LogP contribution in [0.5, 0.6) is 0 Å². The van der Waals surface area contributed by atoms with Crippen LogP contribution < -0.4 is 0 Å². The fraction of sp³-hybridized carbons (Fsp3) is 0.267. The maximum absolute atomic E-state index is 13.5. The van der Waals surface area contributed by atoms with Crippen LogP contribution in [0, 0.1) is 5.82 Å². The molecule has 5 heteroatoms. The van der Waals surface area contributed by atoms with E-state index in [1.165, 1.54) is 22.6 Å². The van der Waals surface area contributed by atoms with Gasteiger partial charge in [0, 0.05) is 4.88 Å². The number of alkyl halides is 1. The summed E-state index contributed by atoms with van der Waals surface area (Å²) in [6.45, 7) is 2.84. The van der Waals surface area contributed by atoms with Gasteiger partial charge < -0.3 is 4.57 Å². The molecule has 0 unspecified atom stereocenters. The first-order valence-electron chi connectivity index (χ1n) is 6.48. The number of nitrogens with zero attached hydrogens (tertiary/aromatic N) is 2. The number of benzene rings is 1. The molecule has 0 radical (unpaired) electrons. The lowest BCUT2D eigenvalue weighted by Crippen LogP contribution is -2.04. The minimum absolute atomic E-state index is 0.248. The van der Waals surface area contributed by atoms with Crippen molar-refractivity contribution >= 4 is 34.0 Å². The minimum atomic E-state index is -0.248. The zero-order valence-electron chi connectivity index (χ0n) is 11.1. The molecule has 1 aromatic carbocycles. The van der Waals surface area contributed by atoms with Crippen LogP contribution in [0.25, 0.3) is 11.0 Å². The molecule has 20 heavy (non-hydrogen) atoms. The molecule has 0 aliphatic rings. The van der Waals surface area contributed by atoms with Gasteiger partial charge in [-0.05, 0) is 41.6 Å². The first kappa shape index (κ1) is 13.6. The zero-order chi connectivity index (χ0) is 14.1. The van der Waals surface area contributed by atoms with Crippen LogP contribution >= 0.6 is 22.9 Å². The largest absolute Gasteiger partial charge is 0.322 e. The van der Waals surface area contributed by atoms with E-state index in [0.29, 0.717) is 12.4 Å². The number of hydrogen-bond acceptors (Lipinski definition) is 2. The minimum Gasteiger partial charge on any atom is -0.322 e. The number of thiophene rings is 1. The summed E-state index contributed by atoms with van der Waals surface area (Å²) >= 11 is 7.70. The average molecular weight is 309 g/mol. The Hall–Kier alpha value is -1.39. The van der Waals surface area contributed by atoms with Gasteiger partial charge in [0.1, 0.15) is 11.6 Å². The Morgan fingerprint density at radius 1 is 1.35 bits per heavy atom. The van der Waals surface area contributed by atoms with E-state index in [2.05, 4.69) is 23.4 Å². The van der Waals surface area contributed by atoms with Crippen molar-refractivity contribution in [3.05, 3.63) is 51.7 Å². The molecular weight excluding hydrogens is 295 g/mol. The molecule has 2 nitrogen and oxygen atoms in total. The lowest BCUT2D eigenvalue weighted by molar-refractivity contribution is 0.628. The third-order valence-electron chi connectivity index (χ3n) is 3.43. The van der Waals surface area contributed by atoms with Crippen LogP contribution in [-0.2, 0) is 18.8 Å². The van der Waals surface area contributed by atoms with Crippen LogP contribution in [0.2, 0.25) is 0 Å². The molecule has 0 bridgehead atoms. The summed E-state index contributed by atoms with van der Waals surface area (Å²) in [5.74, 6) is 0.854. The average Bonchev–Trinajstić information content (AvgIpc) is 3.04. The molecule has 0 atom stereocenters. The quantitative estimate of drug-likeness (QED) is 0.645. The van der Waals surface area contributed by atoms with Crippen molar-refractivity contribution in [1.82, 2.24) is 9.55 Å². The molecule has 0 saturated carbocycles. The second-order valence-electron chi connectivity index (χ2n) is 4.60. The van der Waals surface area contributed by atoms with Gasteiger partial charge in [0.25, 0.3) is 0 Å². The Kier molecular flexibility index (Phi) is 3.76. The van der Waals surface area contributed by atoms with Gasteiger partial charge >= 0.3 is 0 Å². The molecule has 0 saturated heterocycles. The van der Waals surface area contributed by atoms with Gasteiger partial charge in [0.15, 0.2) is 0 Å². The summed E-state index contributed by atoms with van der Waals surface area (Å²) in [5, 5.41) is 2.09. The highest BCUT2D eigenvalue weighted by atomic mass is 35.5. The van der Waals surface area contributed by atoms with Crippen molar-refractivity contribution in [2.24, 2.45) is 0 Å². The zero-order valence-corrected chi connectivity index (χ0v) is 12.6. The molecular formula is C15H14ClFN2S. The number of aryl methyl sites for hydroxylation is 1. The molecule has 104 valence electrons. The van der Waals surface area contributed by atoms with Crippen LogP contribution in [0.4, 0.5) is 4.39 Å². The van der Waals surface area contributed by atoms with E-state index in [1.807, 2.05) is 4.57 Å². The van der Waals surface area contributed by atoms with Crippen LogP contribution in [0.3, 0.4) is 0 Å². The van der Waals surface area contributed by atoms with Gasteiger partial charge in [-0.15, -0.1) is 22.9 Å². The molecule has 0 spiro atoms. The van der Waals surface area contributed by atoms with Crippen molar-refractivity contribution in [2.45, 2.75) is 25.8 Å². The van der Waals surface area contributed by atoms with Crippen molar-refractivity contribution in [3.63, 3.8) is 0 Å². The molecule has 0 N–H and O–H groups in total. The normalized spacial score (nSPS) is 11.3. The van der Waals surface area contributed by atoms with Gasteiger partial charge in [-0.1, -0.05) is 6.92 Å². The molecule has 3 rings (SSSR count). The predicted octanol–water partition coefficient (Wildman–Crippen LogP) is 4.59. The van der Waals surface area contributed by atoms with E-state index in [4.69, 9.17) is 11.6 Å². The summed E-state index contributed by atoms with van der Waals surface area (Å²) in [6.07, 6.45) is 0.996. The van der Waals surface area contributed by atoms with Crippen molar-refractivity contribution in [1.29, 1.82) is 0 Å². The number of fused-ring (bicyclic) bond motifs is 1. The maximum atomic E-state index is 13.5. The van der Waals surface area contributed by atoms with E-state index in [1.54, 1.807) is 17.4 Å². The van der Waals surface area contributed by atoms with Gasteiger partial charge in [-0.3, -0.25) is 0 Å². The molecule has 2 aromatic heterocycles. The SMILES string of the molecule is CCc1ccsc1Cn1c(CCl)nc2ccc(F)cc21. The molecule has 2 heterocycles. The molecule has 0 aliphatic carbocycles. The predicted molar refractivity (Wildman–Crippen MR) is 82.0 cm³/mol. The van der Waals surface area contributed by atoms with E-state index in [-0.39, 0.29) is 5.82 Å². The summed E-state index contributed by atoms with van der Waals surface area (Å²) < 4.78 is 15.5. The second kappa shape index (κ2) is 5.54. The van der Waals surface area contributed by atoms with Gasteiger partial charge in [-0.2, -0.15) is 0 Å². The first-order chi connectivity index (χ1) is 9.72. The van der Waals surface area contributed by atoms with E-state index in [0.717, 1.165) is 23.3 Å². The number of halogens is 2. The van der Waals surface area contributed by atoms with Gasteiger partial charge in [0.2, 0.25) is 0 Å². The third kappa shape index (κ3) is 2.34. The Morgan fingerprint density at radius 2 is 2.20 bits per heavy atom. The van der Waals surface area contributed by atoms with Gasteiger partial charge in [0.05, 0.1) is 23.5 Å². The second-order valence-corrected chi connectivity index (χ2v) is 5.87. The Bertz CT molecular complexity index is 747. The maximum Gasteiger partial charge on any atom is 0.125 e. The summed E-state index contributed by atoms with van der Waals surface area (Å²) in [4.78, 5) is 5.76. The number of imidazole rings is 1. The lowest BCUT2D eigenvalue weighted by Gasteiger charge is -2.08. The van der Waals surface area contributed by atoms with E-state index in [9.17, 15) is 4.39 Å². The van der Waals surface area contributed by atoms with Crippen LogP contribution in [0.15, 0.2) is 29.6 Å². The Morgan fingerprint density at radius 3 is 2.95 bits per heavy atom. The monoisotopic (exact) mass is 308 g/mol. The first-order valence-corrected chi connectivity index (χ1v) is 7.90. The third-order valence-corrected chi connectivity index (χ3v) is 4.62. The van der Waals surface area contributed by atoms with E-state index >= 15 is 0 Å². The topological polar surface area (TPSA) is 17.8 Å². The van der Waals surface area contributed by atoms with Crippen LogP contribution in [0.1, 0.15) is 23.2 Å². The van der Waals surface area contributed by atoms with Gasteiger partial charge in [-0.25, -0.2) is 9.37 Å². The number of aromatic nitrogens is 2. The fourth-order valence-corrected chi connectivity index (χ4v) is 3.56. The lowest BCUT2D eigenvalue weighted by atomic mass is 10.2. The molecule has 0 aliphatic heterocycles. The highest BCUT2D eigenvalue weighted by Gasteiger charge is 2.13. The smallest absolute Gasteiger partial charge is 0.125 e. The van der Waals surface area contributed by atoms with Crippen molar-refractivity contribution in [3.8, 4) is 0 Å². The van der Waals surface area contributed by atoms with Crippen LogP contribution in [-0.4, -0.2) is 9.55 Å². The Balaban J connectivity index is 2.11. The molecule has 0 fully saturated rings. The molecule has 0 amide bonds. The van der Waals surface area contributed by atoms with Crippen molar-refractivity contribution < 1.29 is 4.39 Å². The summed E-state index contributed by atoms with van der Waals surface area (Å²) in [5.41, 5.74) is 2.92. The summed E-state index contributed by atoms with van der Waals surface area (Å²) in [6, 6.07) is 6.80. The van der Waals surface area contributed by atoms with E-state index < -0.39 is 0 Å². The highest BCUT2D eigenvalue weighted by molar-refractivity contribution is 7.10. The highest BCUT2D eigenvalue weighted by Crippen LogP contribution is 2.24. The van der Waals surface area contributed by atoms with Crippen molar-refractivity contribution in [2.75, 3.05) is 0 Å². The Labute approximate surface area is 125 Å². The number of rotatable bonds is 4. The standard InChI is InChI=1S/C15H14ClFN2S/c1-2-10-5-6-20-14(10)9-19-13-7-11(17)3-4-12(13)18-15(19)8-16/h3-7H,2,8-9H2,1H3. The summed E-state index contributed by atoms with van der Waals surface area (Å²) in [7, 11) is 0.